The van der Waals surface area contributed by atoms with E-state index in [1.54, 1.807) is 9.58 Å². The first-order valence-corrected chi connectivity index (χ1v) is 9.53. The van der Waals surface area contributed by atoms with Crippen LogP contribution in [-0.2, 0) is 7.05 Å². The monoisotopic (exact) mass is 370 g/mol. The number of amides is 2. The smallest absolute Gasteiger partial charge is 0.323 e. The number of rotatable bonds is 4. The first-order chi connectivity index (χ1) is 13.1. The summed E-state index contributed by atoms with van der Waals surface area (Å²) in [5.74, 6) is 2.31. The molecule has 8 heteroatoms. The summed E-state index contributed by atoms with van der Waals surface area (Å²) in [6.07, 6.45) is 4.99. The quantitative estimate of drug-likeness (QED) is 0.894. The van der Waals surface area contributed by atoms with Crippen molar-refractivity contribution >= 4 is 17.7 Å². The van der Waals surface area contributed by atoms with Crippen LogP contribution in [0, 0.1) is 6.92 Å². The molecule has 2 aromatic heterocycles. The van der Waals surface area contributed by atoms with Gasteiger partial charge in [0.2, 0.25) is 0 Å². The molecule has 2 aliphatic rings. The normalized spacial score (nSPS) is 19.6. The molecule has 2 fully saturated rings. The Morgan fingerprint density at radius 2 is 2.11 bits per heavy atom. The molecule has 144 valence electrons. The van der Waals surface area contributed by atoms with Crippen molar-refractivity contribution in [1.29, 1.82) is 0 Å². The molecule has 4 rings (SSSR count). The van der Waals surface area contributed by atoms with Crippen molar-refractivity contribution in [3.63, 3.8) is 0 Å². The van der Waals surface area contributed by atoms with Crippen LogP contribution in [0.5, 0.6) is 5.75 Å². The maximum Gasteiger partial charge on any atom is 0.323 e. The van der Waals surface area contributed by atoms with E-state index >= 15 is 0 Å². The molecule has 0 bridgehead atoms. The van der Waals surface area contributed by atoms with Gasteiger partial charge in [0.05, 0.1) is 6.54 Å². The lowest BCUT2D eigenvalue weighted by Crippen LogP contribution is -2.34. The number of aromatic nitrogens is 3. The lowest BCUT2D eigenvalue weighted by Gasteiger charge is -2.22. The summed E-state index contributed by atoms with van der Waals surface area (Å²) in [6.45, 7) is 5.23. The second kappa shape index (κ2) is 7.46. The number of aryl methyl sites for hydroxylation is 2. The molecule has 2 amide bonds. The molecule has 1 atom stereocenters. The number of hydrogen-bond acceptors (Lipinski definition) is 5. The summed E-state index contributed by atoms with van der Waals surface area (Å²) in [5, 5.41) is 7.14. The van der Waals surface area contributed by atoms with Gasteiger partial charge in [0, 0.05) is 51.1 Å². The van der Waals surface area contributed by atoms with E-state index in [0.717, 1.165) is 36.8 Å². The van der Waals surface area contributed by atoms with Gasteiger partial charge < -0.3 is 14.5 Å². The summed E-state index contributed by atoms with van der Waals surface area (Å²) in [4.78, 5) is 21.1. The van der Waals surface area contributed by atoms with E-state index in [-0.39, 0.29) is 12.1 Å². The molecule has 2 aliphatic heterocycles. The van der Waals surface area contributed by atoms with Crippen LogP contribution in [-0.4, -0.2) is 58.0 Å². The Hall–Kier alpha value is -2.77. The molecule has 0 spiro atoms. The van der Waals surface area contributed by atoms with Crippen LogP contribution in [0.4, 0.5) is 16.4 Å². The molecular weight excluding hydrogens is 344 g/mol. The van der Waals surface area contributed by atoms with Gasteiger partial charge in [-0.1, -0.05) is 0 Å². The van der Waals surface area contributed by atoms with Crippen LogP contribution < -0.4 is 15.0 Å². The second-order valence-corrected chi connectivity index (χ2v) is 7.22. The Morgan fingerprint density at radius 3 is 2.85 bits per heavy atom. The van der Waals surface area contributed by atoms with Crippen molar-refractivity contribution in [3.8, 4) is 5.75 Å². The standard InChI is InChI=1S/C19H26N6O2/c1-14-12-17(22-23(14)2)21-19(26)25-11-7-15(13-25)27-16-6-5-8-20-18(16)24-9-3-4-10-24/h5-6,8,12,15H,3-4,7,9-11,13H2,1-2H3,(H,21,22,26)/t15-/m0/s1. The lowest BCUT2D eigenvalue weighted by molar-refractivity contribution is 0.194. The number of carbonyl (C=O) groups excluding carboxylic acids is 1. The average Bonchev–Trinajstić information content (AvgIpc) is 3.38. The minimum absolute atomic E-state index is 0.0215. The van der Waals surface area contributed by atoms with Crippen LogP contribution >= 0.6 is 0 Å². The third-order valence-electron chi connectivity index (χ3n) is 5.23. The average molecular weight is 370 g/mol. The number of ether oxygens (including phenoxy) is 1. The van der Waals surface area contributed by atoms with Crippen molar-refractivity contribution in [1.82, 2.24) is 19.7 Å². The molecule has 8 nitrogen and oxygen atoms in total. The summed E-state index contributed by atoms with van der Waals surface area (Å²) < 4.78 is 7.97. The molecule has 0 saturated carbocycles. The van der Waals surface area contributed by atoms with Crippen LogP contribution in [0.25, 0.3) is 0 Å². The molecule has 0 aliphatic carbocycles. The van der Waals surface area contributed by atoms with E-state index in [1.807, 2.05) is 38.4 Å². The number of nitrogens with zero attached hydrogens (tertiary/aromatic N) is 5. The van der Waals surface area contributed by atoms with Crippen molar-refractivity contribution < 1.29 is 9.53 Å². The molecule has 4 heterocycles. The Labute approximate surface area is 159 Å². The fourth-order valence-corrected chi connectivity index (χ4v) is 3.64. The van der Waals surface area contributed by atoms with Gasteiger partial charge >= 0.3 is 6.03 Å². The number of urea groups is 1. The van der Waals surface area contributed by atoms with Gasteiger partial charge in [0.1, 0.15) is 6.10 Å². The van der Waals surface area contributed by atoms with Crippen molar-refractivity contribution in [3.05, 3.63) is 30.1 Å². The van der Waals surface area contributed by atoms with Crippen molar-refractivity contribution in [2.24, 2.45) is 7.05 Å². The highest BCUT2D eigenvalue weighted by molar-refractivity contribution is 5.88. The van der Waals surface area contributed by atoms with Crippen molar-refractivity contribution in [2.75, 3.05) is 36.4 Å². The molecule has 2 aromatic rings. The Balaban J connectivity index is 1.36. The van der Waals surface area contributed by atoms with Gasteiger partial charge in [0.25, 0.3) is 0 Å². The van der Waals surface area contributed by atoms with Crippen LogP contribution in [0.2, 0.25) is 0 Å². The predicted octanol–water partition coefficient (Wildman–Crippen LogP) is 2.41. The predicted molar refractivity (Wildman–Crippen MR) is 103 cm³/mol. The van der Waals surface area contributed by atoms with E-state index in [0.29, 0.717) is 18.9 Å². The number of anilines is 2. The Morgan fingerprint density at radius 1 is 1.30 bits per heavy atom. The van der Waals surface area contributed by atoms with Gasteiger partial charge in [-0.15, -0.1) is 0 Å². The van der Waals surface area contributed by atoms with Gasteiger partial charge in [-0.05, 0) is 31.9 Å². The van der Waals surface area contributed by atoms with Crippen molar-refractivity contribution in [2.45, 2.75) is 32.3 Å². The molecular formula is C19H26N6O2. The van der Waals surface area contributed by atoms with Crippen LogP contribution in [0.1, 0.15) is 25.0 Å². The summed E-state index contributed by atoms with van der Waals surface area (Å²) in [5.41, 5.74) is 0.999. The molecule has 1 N–H and O–H groups in total. The Bertz CT molecular complexity index is 795. The van der Waals surface area contributed by atoms with Gasteiger partial charge in [0.15, 0.2) is 17.4 Å². The zero-order chi connectivity index (χ0) is 18.8. The molecule has 2 saturated heterocycles. The first kappa shape index (κ1) is 17.6. The third-order valence-corrected chi connectivity index (χ3v) is 5.23. The van der Waals surface area contributed by atoms with E-state index in [2.05, 4.69) is 20.3 Å². The number of pyridine rings is 1. The summed E-state index contributed by atoms with van der Waals surface area (Å²) in [6, 6.07) is 5.60. The topological polar surface area (TPSA) is 75.5 Å². The molecule has 0 radical (unpaired) electrons. The van der Waals surface area contributed by atoms with E-state index in [9.17, 15) is 4.79 Å². The largest absolute Gasteiger partial charge is 0.485 e. The maximum absolute atomic E-state index is 12.5. The first-order valence-electron chi connectivity index (χ1n) is 9.53. The molecule has 0 unspecified atom stereocenters. The number of carbonyl (C=O) groups is 1. The number of likely N-dealkylation sites (tertiary alicyclic amines) is 1. The van der Waals surface area contributed by atoms with Crippen LogP contribution in [0.15, 0.2) is 24.4 Å². The highest BCUT2D eigenvalue weighted by Gasteiger charge is 2.29. The van der Waals surface area contributed by atoms with Crippen LogP contribution in [0.3, 0.4) is 0 Å². The van der Waals surface area contributed by atoms with Gasteiger partial charge in [-0.2, -0.15) is 5.10 Å². The zero-order valence-electron chi connectivity index (χ0n) is 15.9. The minimum Gasteiger partial charge on any atom is -0.485 e. The highest BCUT2D eigenvalue weighted by Crippen LogP contribution is 2.30. The van der Waals surface area contributed by atoms with Gasteiger partial charge in [-0.25, -0.2) is 9.78 Å². The minimum atomic E-state index is -0.134. The SMILES string of the molecule is Cc1cc(NC(=O)N2CC[C@H](Oc3cccnc3N3CCCC3)C2)nn1C. The molecule has 0 aromatic carbocycles. The van der Waals surface area contributed by atoms with E-state index in [4.69, 9.17) is 4.74 Å². The zero-order valence-corrected chi connectivity index (χ0v) is 15.9. The fourth-order valence-electron chi connectivity index (χ4n) is 3.64. The lowest BCUT2D eigenvalue weighted by atomic mass is 10.3. The molecule has 27 heavy (non-hydrogen) atoms. The van der Waals surface area contributed by atoms with E-state index < -0.39 is 0 Å². The Kier molecular flexibility index (Phi) is 4.87. The highest BCUT2D eigenvalue weighted by atomic mass is 16.5. The van der Waals surface area contributed by atoms with E-state index in [1.165, 1.54) is 12.8 Å². The maximum atomic E-state index is 12.5. The van der Waals surface area contributed by atoms with Gasteiger partial charge in [-0.3, -0.25) is 10.00 Å². The number of hydrogen-bond donors (Lipinski definition) is 1. The number of nitrogens with one attached hydrogen (secondary N) is 1. The second-order valence-electron chi connectivity index (χ2n) is 7.22. The third kappa shape index (κ3) is 3.84. The summed E-state index contributed by atoms with van der Waals surface area (Å²) in [7, 11) is 1.86. The summed E-state index contributed by atoms with van der Waals surface area (Å²) >= 11 is 0. The fraction of sp³-hybridized carbons (Fsp3) is 0.526.